The minimum absolute atomic E-state index is 0.0105. The number of hydrogen-bond donors (Lipinski definition) is 0. The molecule has 0 saturated carbocycles. The van der Waals surface area contributed by atoms with Crippen molar-refractivity contribution in [2.75, 3.05) is 0 Å². The Morgan fingerprint density at radius 2 is 1.35 bits per heavy atom. The minimum atomic E-state index is -0.0105. The Balaban J connectivity index is 0.000000807. The van der Waals surface area contributed by atoms with Gasteiger partial charge in [-0.25, -0.2) is 0 Å². The summed E-state index contributed by atoms with van der Waals surface area (Å²) < 4.78 is 6.13. The predicted molar refractivity (Wildman–Crippen MR) is 135 cm³/mol. The Hall–Kier alpha value is -3.39. The summed E-state index contributed by atoms with van der Waals surface area (Å²) in [6, 6.07) is 23.3. The highest BCUT2D eigenvalue weighted by molar-refractivity contribution is 5.87. The van der Waals surface area contributed by atoms with Gasteiger partial charge in [-0.2, -0.15) is 0 Å². The first-order chi connectivity index (χ1) is 15.1. The average molecular weight is 413 g/mol. The van der Waals surface area contributed by atoms with Crippen LogP contribution in [0.5, 0.6) is 0 Å². The van der Waals surface area contributed by atoms with E-state index in [1.165, 1.54) is 11.1 Å². The summed E-state index contributed by atoms with van der Waals surface area (Å²) in [6.45, 7) is 12.2. The molecule has 4 aromatic rings. The molecule has 1 heterocycles. The van der Waals surface area contributed by atoms with Gasteiger partial charge in [0.05, 0.1) is 10.9 Å². The Morgan fingerprint density at radius 3 is 2.06 bits per heavy atom. The summed E-state index contributed by atoms with van der Waals surface area (Å²) in [5.74, 6) is 0.575. The van der Waals surface area contributed by atoms with Gasteiger partial charge in [0.2, 0.25) is 5.43 Å². The molecule has 4 rings (SSSR count). The van der Waals surface area contributed by atoms with Gasteiger partial charge in [0.1, 0.15) is 11.3 Å². The van der Waals surface area contributed by atoms with Gasteiger partial charge in [-0.15, -0.1) is 0 Å². The average Bonchev–Trinajstić information content (AvgIpc) is 2.83. The Labute approximate surface area is 185 Å². The normalized spacial score (nSPS) is 10.3. The summed E-state index contributed by atoms with van der Waals surface area (Å²) in [7, 11) is 0. The minimum Gasteiger partial charge on any atom is -0.456 e. The lowest BCUT2D eigenvalue weighted by molar-refractivity contribution is 0.593. The highest BCUT2D eigenvalue weighted by atomic mass is 16.3. The molecule has 3 aromatic carbocycles. The third-order valence-corrected chi connectivity index (χ3v) is 4.95. The second-order valence-corrected chi connectivity index (χ2v) is 6.66. The van der Waals surface area contributed by atoms with Gasteiger partial charge in [0.25, 0.3) is 0 Å². The number of aryl methyl sites for hydroxylation is 1. The van der Waals surface area contributed by atoms with Crippen molar-refractivity contribution in [3.05, 3.63) is 105 Å². The molecule has 0 aliphatic carbocycles. The summed E-state index contributed by atoms with van der Waals surface area (Å²) >= 11 is 0. The maximum atomic E-state index is 13.2. The van der Waals surface area contributed by atoms with Crippen LogP contribution in [0, 0.1) is 13.8 Å². The van der Waals surface area contributed by atoms with Crippen molar-refractivity contribution in [2.24, 2.45) is 0 Å². The summed E-state index contributed by atoms with van der Waals surface area (Å²) in [6.07, 6.45) is 3.92. The summed E-state index contributed by atoms with van der Waals surface area (Å²) in [5, 5.41) is 0.597. The lowest BCUT2D eigenvalue weighted by Crippen LogP contribution is -2.07. The van der Waals surface area contributed by atoms with Gasteiger partial charge in [-0.3, -0.25) is 4.79 Å². The van der Waals surface area contributed by atoms with E-state index < -0.39 is 0 Å². The second-order valence-electron chi connectivity index (χ2n) is 6.66. The SMILES string of the molecule is CC.CC.Cc1cccc(/C=C/c2oc3ccccc3c(=O)c2-c2ccccc2)c1C. The molecule has 160 valence electrons. The zero-order valence-corrected chi connectivity index (χ0v) is 19.4. The molecule has 0 bridgehead atoms. The monoisotopic (exact) mass is 412 g/mol. The van der Waals surface area contributed by atoms with Crippen molar-refractivity contribution in [1.29, 1.82) is 0 Å². The van der Waals surface area contributed by atoms with E-state index in [2.05, 4.69) is 26.0 Å². The van der Waals surface area contributed by atoms with Gasteiger partial charge >= 0.3 is 0 Å². The lowest BCUT2D eigenvalue weighted by Gasteiger charge is -2.08. The maximum Gasteiger partial charge on any atom is 0.201 e. The molecule has 0 aliphatic heterocycles. The van der Waals surface area contributed by atoms with Crippen molar-refractivity contribution >= 4 is 23.1 Å². The smallest absolute Gasteiger partial charge is 0.201 e. The van der Waals surface area contributed by atoms with Gasteiger partial charge in [-0.1, -0.05) is 94.4 Å². The highest BCUT2D eigenvalue weighted by Gasteiger charge is 2.14. The fourth-order valence-corrected chi connectivity index (χ4v) is 3.27. The van der Waals surface area contributed by atoms with Crippen LogP contribution in [0.1, 0.15) is 50.1 Å². The number of para-hydroxylation sites is 1. The molecule has 0 saturated heterocycles. The van der Waals surface area contributed by atoms with Crippen LogP contribution in [0.4, 0.5) is 0 Å². The first-order valence-electron chi connectivity index (χ1n) is 11.0. The molecule has 1 aromatic heterocycles. The zero-order valence-electron chi connectivity index (χ0n) is 19.4. The molecule has 0 N–H and O–H groups in total. The first-order valence-corrected chi connectivity index (χ1v) is 11.0. The van der Waals surface area contributed by atoms with Gasteiger partial charge < -0.3 is 4.42 Å². The van der Waals surface area contributed by atoms with Gasteiger partial charge in [-0.05, 0) is 54.3 Å². The third kappa shape index (κ3) is 5.40. The van der Waals surface area contributed by atoms with E-state index in [-0.39, 0.29) is 5.43 Å². The standard InChI is InChI=1S/C25H20O2.2C2H6/c1-17-9-8-12-19(18(17)2)15-16-23-24(20-10-4-3-5-11-20)25(26)21-13-6-7-14-22(21)27-23;2*1-2/h3-16H,1-2H3;2*1-2H3/b16-15+;;. The molecular formula is C29H32O2. The first kappa shape index (κ1) is 23.9. The molecule has 2 nitrogen and oxygen atoms in total. The van der Waals surface area contributed by atoms with Crippen LogP contribution in [0.2, 0.25) is 0 Å². The Kier molecular flexibility index (Phi) is 9.02. The van der Waals surface area contributed by atoms with Crippen LogP contribution in [-0.4, -0.2) is 0 Å². The number of fused-ring (bicyclic) bond motifs is 1. The lowest BCUT2D eigenvalue weighted by atomic mass is 10.00. The third-order valence-electron chi connectivity index (χ3n) is 4.95. The van der Waals surface area contributed by atoms with E-state index in [4.69, 9.17) is 4.42 Å². The molecule has 0 unspecified atom stereocenters. The zero-order chi connectivity index (χ0) is 22.8. The van der Waals surface area contributed by atoms with Crippen LogP contribution >= 0.6 is 0 Å². The van der Waals surface area contributed by atoms with Crippen molar-refractivity contribution in [3.63, 3.8) is 0 Å². The van der Waals surface area contributed by atoms with Crippen molar-refractivity contribution in [3.8, 4) is 11.1 Å². The topological polar surface area (TPSA) is 30.2 Å². The fraction of sp³-hybridized carbons (Fsp3) is 0.207. The van der Waals surface area contributed by atoms with E-state index in [9.17, 15) is 4.79 Å². The summed E-state index contributed by atoms with van der Waals surface area (Å²) in [4.78, 5) is 13.2. The van der Waals surface area contributed by atoms with Crippen molar-refractivity contribution in [1.82, 2.24) is 0 Å². The van der Waals surface area contributed by atoms with Crippen molar-refractivity contribution in [2.45, 2.75) is 41.5 Å². The van der Waals surface area contributed by atoms with Crippen LogP contribution < -0.4 is 5.43 Å². The molecule has 0 fully saturated rings. The molecule has 31 heavy (non-hydrogen) atoms. The number of benzene rings is 3. The van der Waals surface area contributed by atoms with Crippen molar-refractivity contribution < 1.29 is 4.42 Å². The van der Waals surface area contributed by atoms with E-state index in [1.54, 1.807) is 0 Å². The Morgan fingerprint density at radius 1 is 0.710 bits per heavy atom. The molecule has 0 atom stereocenters. The van der Waals surface area contributed by atoms with Crippen LogP contribution in [0.25, 0.3) is 34.2 Å². The van der Waals surface area contributed by atoms with Crippen LogP contribution in [0.3, 0.4) is 0 Å². The van der Waals surface area contributed by atoms with Crippen LogP contribution in [-0.2, 0) is 0 Å². The quantitative estimate of drug-likeness (QED) is 0.339. The molecule has 0 radical (unpaired) electrons. The van der Waals surface area contributed by atoms with E-state index in [0.29, 0.717) is 22.3 Å². The number of rotatable bonds is 3. The van der Waals surface area contributed by atoms with Gasteiger partial charge in [0, 0.05) is 0 Å². The van der Waals surface area contributed by atoms with E-state index in [0.717, 1.165) is 11.1 Å². The Bertz CT molecular complexity index is 1200. The van der Waals surface area contributed by atoms with E-state index >= 15 is 0 Å². The maximum absolute atomic E-state index is 13.2. The van der Waals surface area contributed by atoms with Gasteiger partial charge in [0.15, 0.2) is 0 Å². The summed E-state index contributed by atoms with van der Waals surface area (Å²) in [5.41, 5.74) is 5.61. The molecule has 2 heteroatoms. The molecule has 0 amide bonds. The molecule has 0 spiro atoms. The molecular weight excluding hydrogens is 380 g/mol. The van der Waals surface area contributed by atoms with Crippen LogP contribution in [0.15, 0.2) is 82.0 Å². The van der Waals surface area contributed by atoms with E-state index in [1.807, 2.05) is 101 Å². The molecule has 0 aliphatic rings. The highest BCUT2D eigenvalue weighted by Crippen LogP contribution is 2.26. The number of hydrogen-bond acceptors (Lipinski definition) is 2. The second kappa shape index (κ2) is 11.7. The predicted octanol–water partition coefficient (Wildman–Crippen LogP) is 8.30. The largest absolute Gasteiger partial charge is 0.456 e. The fourth-order valence-electron chi connectivity index (χ4n) is 3.27.